The second-order valence-corrected chi connectivity index (χ2v) is 8.18. The van der Waals surface area contributed by atoms with Crippen molar-refractivity contribution in [3.05, 3.63) is 52.6 Å². The lowest BCUT2D eigenvalue weighted by Crippen LogP contribution is -2.46. The van der Waals surface area contributed by atoms with Crippen LogP contribution in [0.1, 0.15) is 11.4 Å². The van der Waals surface area contributed by atoms with Gasteiger partial charge in [0.1, 0.15) is 0 Å². The SMILES string of the molecule is O=C(NCc1nnc2ccccn12)[C@]12COC[C@H]1CN(Cc1ccsc1)C2. The predicted octanol–water partition coefficient (Wildman–Crippen LogP) is 1.56. The second-order valence-electron chi connectivity index (χ2n) is 7.40. The zero-order chi connectivity index (χ0) is 18.3. The zero-order valence-corrected chi connectivity index (χ0v) is 15.7. The molecule has 0 aliphatic carbocycles. The molecule has 0 spiro atoms. The van der Waals surface area contributed by atoms with Gasteiger partial charge in [-0.05, 0) is 34.5 Å². The molecule has 3 aromatic heterocycles. The lowest BCUT2D eigenvalue weighted by Gasteiger charge is -2.26. The summed E-state index contributed by atoms with van der Waals surface area (Å²) in [7, 11) is 0. The first-order valence-corrected chi connectivity index (χ1v) is 10.1. The molecule has 0 unspecified atom stereocenters. The molecule has 0 bridgehead atoms. The van der Waals surface area contributed by atoms with Crippen LogP contribution in [-0.2, 0) is 22.6 Å². The van der Waals surface area contributed by atoms with E-state index in [0.29, 0.717) is 19.8 Å². The third-order valence-corrected chi connectivity index (χ3v) is 6.41. The van der Waals surface area contributed by atoms with Crippen LogP contribution in [0.3, 0.4) is 0 Å². The van der Waals surface area contributed by atoms with Crippen molar-refractivity contribution in [1.29, 1.82) is 0 Å². The summed E-state index contributed by atoms with van der Waals surface area (Å²) in [6, 6.07) is 7.91. The van der Waals surface area contributed by atoms with Crippen molar-refractivity contribution in [2.75, 3.05) is 26.3 Å². The zero-order valence-electron chi connectivity index (χ0n) is 14.9. The highest BCUT2D eigenvalue weighted by Crippen LogP contribution is 2.42. The van der Waals surface area contributed by atoms with Crippen molar-refractivity contribution in [3.8, 4) is 0 Å². The number of pyridine rings is 1. The number of nitrogens with zero attached hydrogens (tertiary/aromatic N) is 4. The van der Waals surface area contributed by atoms with Crippen LogP contribution >= 0.6 is 11.3 Å². The number of likely N-dealkylation sites (tertiary alicyclic amines) is 1. The van der Waals surface area contributed by atoms with Crippen molar-refractivity contribution >= 4 is 22.9 Å². The van der Waals surface area contributed by atoms with E-state index in [0.717, 1.165) is 31.1 Å². The molecule has 27 heavy (non-hydrogen) atoms. The Bertz CT molecular complexity index is 956. The van der Waals surface area contributed by atoms with Gasteiger partial charge in [0.2, 0.25) is 5.91 Å². The largest absolute Gasteiger partial charge is 0.380 e. The fourth-order valence-electron chi connectivity index (χ4n) is 4.27. The van der Waals surface area contributed by atoms with Gasteiger partial charge < -0.3 is 10.1 Å². The molecule has 3 aromatic rings. The molecule has 0 saturated carbocycles. The van der Waals surface area contributed by atoms with Gasteiger partial charge in [0.15, 0.2) is 11.5 Å². The molecule has 2 aliphatic heterocycles. The van der Waals surface area contributed by atoms with Gasteiger partial charge in [-0.25, -0.2) is 0 Å². The Balaban J connectivity index is 1.29. The normalized spacial score (nSPS) is 25.1. The second kappa shape index (κ2) is 6.70. The summed E-state index contributed by atoms with van der Waals surface area (Å²) in [6.45, 7) is 4.04. The molecule has 1 N–H and O–H groups in total. The number of thiophene rings is 1. The van der Waals surface area contributed by atoms with E-state index in [1.165, 1.54) is 5.56 Å². The third-order valence-electron chi connectivity index (χ3n) is 5.67. The minimum Gasteiger partial charge on any atom is -0.380 e. The first-order valence-electron chi connectivity index (χ1n) is 9.13. The maximum atomic E-state index is 13.2. The number of rotatable bonds is 5. The van der Waals surface area contributed by atoms with Crippen LogP contribution in [0.5, 0.6) is 0 Å². The first kappa shape index (κ1) is 16.9. The first-order chi connectivity index (χ1) is 13.2. The van der Waals surface area contributed by atoms with Crippen LogP contribution in [0.4, 0.5) is 0 Å². The van der Waals surface area contributed by atoms with Crippen molar-refractivity contribution in [2.45, 2.75) is 13.1 Å². The molecule has 0 aromatic carbocycles. The molecule has 140 valence electrons. The molecular weight excluding hydrogens is 362 g/mol. The number of fused-ring (bicyclic) bond motifs is 2. The molecule has 2 saturated heterocycles. The van der Waals surface area contributed by atoms with Gasteiger partial charge in [-0.1, -0.05) is 6.07 Å². The van der Waals surface area contributed by atoms with Gasteiger partial charge in [0, 0.05) is 31.7 Å². The van der Waals surface area contributed by atoms with E-state index in [-0.39, 0.29) is 11.8 Å². The molecule has 1 amide bonds. The standard InChI is InChI=1S/C19H21N5O2S/c25-18(20-7-17-22-21-16-3-1-2-5-24(16)17)19-12-23(8-14-4-6-27-11-14)9-15(19)10-26-13-19/h1-6,11,15H,7-10,12-13H2,(H,20,25)/t15-,19-/m1/s1. The third kappa shape index (κ3) is 2.93. The molecular formula is C19H21N5O2S. The number of ether oxygens (including phenoxy) is 1. The molecule has 7 nitrogen and oxygen atoms in total. The fourth-order valence-corrected chi connectivity index (χ4v) is 4.93. The summed E-state index contributed by atoms with van der Waals surface area (Å²) in [5.74, 6) is 1.04. The van der Waals surface area contributed by atoms with Crippen LogP contribution < -0.4 is 5.32 Å². The Morgan fingerprint density at radius 1 is 1.37 bits per heavy atom. The van der Waals surface area contributed by atoms with Crippen LogP contribution in [0, 0.1) is 11.3 Å². The highest BCUT2D eigenvalue weighted by molar-refractivity contribution is 7.07. The average molecular weight is 383 g/mol. The van der Waals surface area contributed by atoms with Gasteiger partial charge in [0.25, 0.3) is 0 Å². The molecule has 2 fully saturated rings. The van der Waals surface area contributed by atoms with Crippen LogP contribution in [0.25, 0.3) is 5.65 Å². The number of aromatic nitrogens is 3. The van der Waals surface area contributed by atoms with Gasteiger partial charge in [-0.15, -0.1) is 10.2 Å². The molecule has 5 rings (SSSR count). The Morgan fingerprint density at radius 2 is 2.33 bits per heavy atom. The number of amides is 1. The van der Waals surface area contributed by atoms with Crippen molar-refractivity contribution in [2.24, 2.45) is 11.3 Å². The average Bonchev–Trinajstić information content (AvgIpc) is 3.44. The van der Waals surface area contributed by atoms with Crippen LogP contribution in [0.15, 0.2) is 41.2 Å². The summed E-state index contributed by atoms with van der Waals surface area (Å²) in [4.78, 5) is 15.5. The fraction of sp³-hybridized carbons (Fsp3) is 0.421. The van der Waals surface area contributed by atoms with Crippen molar-refractivity contribution in [3.63, 3.8) is 0 Å². The van der Waals surface area contributed by atoms with Crippen molar-refractivity contribution in [1.82, 2.24) is 24.8 Å². The highest BCUT2D eigenvalue weighted by Gasteiger charge is 2.55. The van der Waals surface area contributed by atoms with E-state index in [1.807, 2.05) is 28.8 Å². The Morgan fingerprint density at radius 3 is 3.22 bits per heavy atom. The Kier molecular flexibility index (Phi) is 4.18. The highest BCUT2D eigenvalue weighted by atomic mass is 32.1. The van der Waals surface area contributed by atoms with Gasteiger partial charge in [-0.2, -0.15) is 11.3 Å². The maximum Gasteiger partial charge on any atom is 0.230 e. The van der Waals surface area contributed by atoms with E-state index in [9.17, 15) is 4.79 Å². The quantitative estimate of drug-likeness (QED) is 0.724. The number of hydrogen-bond acceptors (Lipinski definition) is 6. The maximum absolute atomic E-state index is 13.2. The Hall–Kier alpha value is -2.29. The van der Waals surface area contributed by atoms with Crippen LogP contribution in [0.2, 0.25) is 0 Å². The summed E-state index contributed by atoms with van der Waals surface area (Å²) in [6.07, 6.45) is 1.91. The van der Waals surface area contributed by atoms with Gasteiger partial charge in [-0.3, -0.25) is 14.1 Å². The van der Waals surface area contributed by atoms with E-state index >= 15 is 0 Å². The molecule has 2 aliphatic rings. The van der Waals surface area contributed by atoms with E-state index < -0.39 is 5.41 Å². The molecule has 2 atom stereocenters. The van der Waals surface area contributed by atoms with Gasteiger partial charge >= 0.3 is 0 Å². The van der Waals surface area contributed by atoms with Crippen molar-refractivity contribution < 1.29 is 9.53 Å². The van der Waals surface area contributed by atoms with E-state index in [4.69, 9.17) is 4.74 Å². The monoisotopic (exact) mass is 383 g/mol. The number of hydrogen-bond donors (Lipinski definition) is 1. The topological polar surface area (TPSA) is 71.8 Å². The van der Waals surface area contributed by atoms with Gasteiger partial charge in [0.05, 0.1) is 25.2 Å². The number of carbonyl (C=O) groups is 1. The summed E-state index contributed by atoms with van der Waals surface area (Å²) >= 11 is 1.71. The molecule has 0 radical (unpaired) electrons. The Labute approximate surface area is 161 Å². The summed E-state index contributed by atoms with van der Waals surface area (Å²) in [5.41, 5.74) is 1.63. The van der Waals surface area contributed by atoms with E-state index in [2.05, 4.69) is 37.2 Å². The summed E-state index contributed by atoms with van der Waals surface area (Å²) < 4.78 is 7.61. The number of nitrogens with one attached hydrogen (secondary N) is 1. The molecule has 5 heterocycles. The lowest BCUT2D eigenvalue weighted by atomic mass is 9.80. The summed E-state index contributed by atoms with van der Waals surface area (Å²) in [5, 5.41) is 15.7. The minimum atomic E-state index is -0.462. The smallest absolute Gasteiger partial charge is 0.230 e. The van der Waals surface area contributed by atoms with E-state index in [1.54, 1.807) is 11.3 Å². The minimum absolute atomic E-state index is 0.0606. The lowest BCUT2D eigenvalue weighted by molar-refractivity contribution is -0.131. The van der Waals surface area contributed by atoms with Crippen LogP contribution in [-0.4, -0.2) is 51.7 Å². The predicted molar refractivity (Wildman–Crippen MR) is 101 cm³/mol. The number of carbonyl (C=O) groups excluding carboxylic acids is 1. The molecule has 8 heteroatoms.